The number of hydrogen-bond acceptors (Lipinski definition) is 4. The van der Waals surface area contributed by atoms with Crippen LogP contribution < -0.4 is 19.6 Å². The smallest absolute Gasteiger partial charge is 0.271 e. The minimum absolute atomic E-state index is 0.172. The lowest BCUT2D eigenvalue weighted by Gasteiger charge is -2.30. The molecule has 0 spiro atoms. The number of thiazole rings is 1. The van der Waals surface area contributed by atoms with Crippen LogP contribution in [0.15, 0.2) is 106 Å². The molecule has 208 valence electrons. The summed E-state index contributed by atoms with van der Waals surface area (Å²) < 4.78 is 22.9. The highest BCUT2D eigenvalue weighted by Crippen LogP contribution is 2.41. The summed E-state index contributed by atoms with van der Waals surface area (Å²) in [5.41, 5.74) is 6.31. The standard InChI is InChI=1S/C34H23Cl2FN2O2S/c35-24-14-12-23(28(36)18-24)19-41-29-11-4-2-7-21(29)17-30-33(40)39-32(22-8-5-9-25(37)16-22)27-15-13-20-6-1-3-10-26(20)31(27)38-34(39)42-30/h1-12,14,16-18,32H,13,15,19H2. The minimum Gasteiger partial charge on any atom is -0.488 e. The van der Waals surface area contributed by atoms with E-state index in [1.54, 1.807) is 22.8 Å². The Morgan fingerprint density at radius 1 is 0.976 bits per heavy atom. The lowest BCUT2D eigenvalue weighted by atomic mass is 9.83. The number of aryl methyl sites for hydroxylation is 1. The number of para-hydroxylation sites is 1. The molecule has 0 amide bonds. The molecule has 0 bridgehead atoms. The first kappa shape index (κ1) is 26.9. The lowest BCUT2D eigenvalue weighted by molar-refractivity contribution is 0.305. The van der Waals surface area contributed by atoms with E-state index in [4.69, 9.17) is 32.9 Å². The van der Waals surface area contributed by atoms with Gasteiger partial charge < -0.3 is 4.74 Å². The molecule has 1 aliphatic heterocycles. The molecule has 2 aliphatic rings. The Balaban J connectivity index is 1.35. The third kappa shape index (κ3) is 4.90. The molecular weight excluding hydrogens is 590 g/mol. The number of allylic oxidation sites excluding steroid dienone is 1. The van der Waals surface area contributed by atoms with Gasteiger partial charge in [0, 0.05) is 26.7 Å². The quantitative estimate of drug-likeness (QED) is 0.208. The largest absolute Gasteiger partial charge is 0.488 e. The number of benzene rings is 4. The molecule has 2 heterocycles. The molecule has 1 aliphatic carbocycles. The fraction of sp³-hybridized carbons (Fsp3) is 0.118. The molecule has 0 saturated heterocycles. The highest BCUT2D eigenvalue weighted by molar-refractivity contribution is 7.07. The van der Waals surface area contributed by atoms with Crippen molar-refractivity contribution in [1.82, 2.24) is 4.57 Å². The second kappa shape index (κ2) is 11.0. The summed E-state index contributed by atoms with van der Waals surface area (Å²) in [6, 6.07) is 27.1. The second-order valence-electron chi connectivity index (χ2n) is 10.2. The zero-order valence-corrected chi connectivity index (χ0v) is 24.5. The summed E-state index contributed by atoms with van der Waals surface area (Å²) in [6.07, 6.45) is 3.41. The average molecular weight is 614 g/mol. The topological polar surface area (TPSA) is 43.6 Å². The van der Waals surface area contributed by atoms with E-state index in [9.17, 15) is 9.18 Å². The SMILES string of the molecule is O=c1c(=Cc2ccccc2OCc2ccc(Cl)cc2Cl)sc2n1C(c1cccc(F)c1)C1=C(N=2)c2ccccc2CC1. The summed E-state index contributed by atoms with van der Waals surface area (Å²) >= 11 is 13.7. The first-order valence-electron chi connectivity index (χ1n) is 13.5. The Labute approximate surface area is 255 Å². The van der Waals surface area contributed by atoms with Crippen LogP contribution >= 0.6 is 34.5 Å². The van der Waals surface area contributed by atoms with E-state index >= 15 is 0 Å². The number of hydrogen-bond donors (Lipinski definition) is 0. The van der Waals surface area contributed by atoms with E-state index in [-0.39, 0.29) is 18.0 Å². The molecular formula is C34H23Cl2FN2O2S. The van der Waals surface area contributed by atoms with Crippen molar-refractivity contribution in [2.24, 2.45) is 4.99 Å². The molecule has 1 atom stereocenters. The van der Waals surface area contributed by atoms with Gasteiger partial charge in [-0.25, -0.2) is 9.38 Å². The summed E-state index contributed by atoms with van der Waals surface area (Å²) in [7, 11) is 0. The van der Waals surface area contributed by atoms with Crippen LogP contribution in [0.2, 0.25) is 10.0 Å². The number of ether oxygens (including phenoxy) is 1. The van der Waals surface area contributed by atoms with Crippen molar-refractivity contribution < 1.29 is 9.13 Å². The Kier molecular flexibility index (Phi) is 7.06. The van der Waals surface area contributed by atoms with Crippen molar-refractivity contribution in [2.45, 2.75) is 25.5 Å². The number of aromatic nitrogens is 1. The van der Waals surface area contributed by atoms with Crippen molar-refractivity contribution in [2.75, 3.05) is 0 Å². The molecule has 4 aromatic carbocycles. The Morgan fingerprint density at radius 3 is 2.67 bits per heavy atom. The molecule has 1 unspecified atom stereocenters. The fourth-order valence-electron chi connectivity index (χ4n) is 5.67. The van der Waals surface area contributed by atoms with E-state index in [1.807, 2.05) is 54.6 Å². The molecule has 0 fully saturated rings. The molecule has 0 saturated carbocycles. The van der Waals surface area contributed by atoms with Crippen molar-refractivity contribution in [3.8, 4) is 5.75 Å². The average Bonchev–Trinajstić information content (AvgIpc) is 3.30. The molecule has 0 N–H and O–H groups in total. The van der Waals surface area contributed by atoms with Crippen LogP contribution in [-0.2, 0) is 13.0 Å². The summed E-state index contributed by atoms with van der Waals surface area (Å²) in [6.45, 7) is 0.244. The van der Waals surface area contributed by atoms with Gasteiger partial charge in [-0.3, -0.25) is 9.36 Å². The van der Waals surface area contributed by atoms with Crippen molar-refractivity contribution in [3.63, 3.8) is 0 Å². The van der Waals surface area contributed by atoms with Gasteiger partial charge in [-0.05, 0) is 65.9 Å². The molecule has 0 radical (unpaired) electrons. The van der Waals surface area contributed by atoms with Gasteiger partial charge in [-0.15, -0.1) is 0 Å². The van der Waals surface area contributed by atoms with Crippen molar-refractivity contribution >= 4 is 46.3 Å². The van der Waals surface area contributed by atoms with Gasteiger partial charge in [0.2, 0.25) is 0 Å². The van der Waals surface area contributed by atoms with Gasteiger partial charge in [-0.1, -0.05) is 95.2 Å². The predicted octanol–water partition coefficient (Wildman–Crippen LogP) is 7.34. The monoisotopic (exact) mass is 612 g/mol. The van der Waals surface area contributed by atoms with E-state index in [2.05, 4.69) is 12.1 Å². The molecule has 7 rings (SSSR count). The summed E-state index contributed by atoms with van der Waals surface area (Å²) in [5, 5.41) is 1.08. The maximum absolute atomic E-state index is 14.5. The zero-order chi connectivity index (χ0) is 28.8. The molecule has 4 nitrogen and oxygen atoms in total. The van der Waals surface area contributed by atoms with Crippen LogP contribution in [0.5, 0.6) is 5.75 Å². The second-order valence-corrected chi connectivity index (χ2v) is 12.1. The third-order valence-corrected chi connectivity index (χ3v) is 9.21. The molecule has 5 aromatic rings. The van der Waals surface area contributed by atoms with Crippen LogP contribution in [0.3, 0.4) is 0 Å². The first-order chi connectivity index (χ1) is 20.5. The first-order valence-corrected chi connectivity index (χ1v) is 15.1. The Hall–Kier alpha value is -3.97. The highest BCUT2D eigenvalue weighted by Gasteiger charge is 2.32. The van der Waals surface area contributed by atoms with E-state index in [0.717, 1.165) is 46.4 Å². The van der Waals surface area contributed by atoms with Gasteiger partial charge in [-0.2, -0.15) is 0 Å². The van der Waals surface area contributed by atoms with Crippen LogP contribution in [0, 0.1) is 5.82 Å². The van der Waals surface area contributed by atoms with E-state index in [0.29, 0.717) is 25.1 Å². The zero-order valence-electron chi connectivity index (χ0n) is 22.2. The van der Waals surface area contributed by atoms with Crippen molar-refractivity contribution in [3.05, 3.63) is 160 Å². The van der Waals surface area contributed by atoms with E-state index < -0.39 is 6.04 Å². The van der Waals surface area contributed by atoms with Gasteiger partial charge in [0.25, 0.3) is 5.56 Å². The van der Waals surface area contributed by atoms with Gasteiger partial charge >= 0.3 is 0 Å². The van der Waals surface area contributed by atoms with E-state index in [1.165, 1.54) is 29.0 Å². The lowest BCUT2D eigenvalue weighted by Crippen LogP contribution is -2.38. The third-order valence-electron chi connectivity index (χ3n) is 7.64. The molecule has 8 heteroatoms. The highest BCUT2D eigenvalue weighted by atomic mass is 35.5. The number of rotatable bonds is 5. The van der Waals surface area contributed by atoms with Crippen LogP contribution in [0.4, 0.5) is 4.39 Å². The Morgan fingerprint density at radius 2 is 1.81 bits per heavy atom. The van der Waals surface area contributed by atoms with Gasteiger partial charge in [0.15, 0.2) is 4.80 Å². The van der Waals surface area contributed by atoms with Crippen molar-refractivity contribution in [1.29, 1.82) is 0 Å². The minimum atomic E-state index is -0.444. The molecule has 42 heavy (non-hydrogen) atoms. The van der Waals surface area contributed by atoms with Crippen LogP contribution in [-0.4, -0.2) is 4.57 Å². The number of nitrogens with zero attached hydrogens (tertiary/aromatic N) is 2. The Bertz CT molecular complexity index is 2080. The summed E-state index contributed by atoms with van der Waals surface area (Å²) in [4.78, 5) is 19.7. The fourth-order valence-corrected chi connectivity index (χ4v) is 7.12. The molecule has 1 aromatic heterocycles. The predicted molar refractivity (Wildman–Crippen MR) is 166 cm³/mol. The normalized spacial score (nSPS) is 16.0. The maximum atomic E-state index is 14.5. The maximum Gasteiger partial charge on any atom is 0.271 e. The van der Waals surface area contributed by atoms with Crippen LogP contribution in [0.25, 0.3) is 11.8 Å². The number of fused-ring (bicyclic) bond motifs is 3. The van der Waals surface area contributed by atoms with Gasteiger partial charge in [0.1, 0.15) is 18.2 Å². The summed E-state index contributed by atoms with van der Waals surface area (Å²) in [5.74, 6) is 0.279. The number of halogens is 3. The van der Waals surface area contributed by atoms with Crippen LogP contribution in [0.1, 0.15) is 40.3 Å². The van der Waals surface area contributed by atoms with Gasteiger partial charge in [0.05, 0.1) is 16.3 Å².